The van der Waals surface area contributed by atoms with E-state index < -0.39 is 84.4 Å². The Kier molecular flexibility index (Phi) is 14.0. The van der Waals surface area contributed by atoms with Crippen LogP contribution >= 0.6 is 0 Å². The minimum Gasteiger partial charge on any atom is -0.508 e. The fraction of sp³-hybridized carbons (Fsp3) is 0.438. The van der Waals surface area contributed by atoms with Crippen molar-refractivity contribution in [1.82, 2.24) is 21.3 Å². The van der Waals surface area contributed by atoms with E-state index in [1.165, 1.54) is 24.3 Å². The number of phenols is 2. The van der Waals surface area contributed by atoms with E-state index in [9.17, 15) is 49.2 Å². The Hall–Kier alpha value is -5.14. The Balaban J connectivity index is 2.14. The van der Waals surface area contributed by atoms with Crippen molar-refractivity contribution in [3.05, 3.63) is 59.7 Å². The standard InChI is InChI=1S/C32H42N4O10/c1-17(2)27(31(43)44)35-29(41)23(15-19-5-9-21(37)10-6-19)33-25(39)13-14-26(40)34-24(16-20-7-11-22(38)12-8-20)30(42)36-28(18(3)4)32(45)46/h5-12,17-18,23-24,27-28,37-38H,13-16H2,1-4H3,(H,33,39)(H,34,40)(H,35,41)(H,36,42)(H,43,44)(H,45,46)/t23-,24-,27-,28-/m0/s1. The lowest BCUT2D eigenvalue weighted by atomic mass is 10.0. The van der Waals surface area contributed by atoms with E-state index in [-0.39, 0.29) is 24.3 Å². The summed E-state index contributed by atoms with van der Waals surface area (Å²) in [4.78, 5) is 75.3. The molecule has 0 aliphatic carbocycles. The molecule has 2 aromatic rings. The van der Waals surface area contributed by atoms with Crippen LogP contribution in [0.15, 0.2) is 48.5 Å². The van der Waals surface area contributed by atoms with Crippen LogP contribution in [0.2, 0.25) is 0 Å². The summed E-state index contributed by atoms with van der Waals surface area (Å²) in [6.45, 7) is 6.46. The molecule has 8 N–H and O–H groups in total. The second kappa shape index (κ2) is 17.4. The summed E-state index contributed by atoms with van der Waals surface area (Å²) >= 11 is 0. The minimum absolute atomic E-state index is 0.00867. The van der Waals surface area contributed by atoms with Gasteiger partial charge in [-0.2, -0.15) is 0 Å². The van der Waals surface area contributed by atoms with E-state index in [1.54, 1.807) is 52.0 Å². The van der Waals surface area contributed by atoms with Crippen molar-refractivity contribution in [3.63, 3.8) is 0 Å². The first-order valence-electron chi connectivity index (χ1n) is 14.8. The van der Waals surface area contributed by atoms with Crippen LogP contribution in [0.5, 0.6) is 11.5 Å². The number of carbonyl (C=O) groups is 6. The molecule has 0 fully saturated rings. The van der Waals surface area contributed by atoms with Gasteiger partial charge in [0, 0.05) is 25.7 Å². The third-order valence-electron chi connectivity index (χ3n) is 7.10. The maximum Gasteiger partial charge on any atom is 0.326 e. The molecule has 0 spiro atoms. The molecule has 14 nitrogen and oxygen atoms in total. The molecule has 0 radical (unpaired) electrons. The summed E-state index contributed by atoms with van der Waals surface area (Å²) < 4.78 is 0. The van der Waals surface area contributed by atoms with Gasteiger partial charge in [0.05, 0.1) is 0 Å². The molecule has 0 aliphatic heterocycles. The summed E-state index contributed by atoms with van der Waals surface area (Å²) in [5.41, 5.74) is 1.13. The average Bonchev–Trinajstić information content (AvgIpc) is 2.98. The van der Waals surface area contributed by atoms with Crippen molar-refractivity contribution in [2.45, 2.75) is 77.5 Å². The highest BCUT2D eigenvalue weighted by molar-refractivity contribution is 5.93. The summed E-state index contributed by atoms with van der Waals surface area (Å²) in [7, 11) is 0. The van der Waals surface area contributed by atoms with Crippen LogP contribution in [0.4, 0.5) is 0 Å². The normalized spacial score (nSPS) is 13.6. The summed E-state index contributed by atoms with van der Waals surface area (Å²) in [6, 6.07) is 6.90. The van der Waals surface area contributed by atoms with Crippen LogP contribution in [0.3, 0.4) is 0 Å². The van der Waals surface area contributed by atoms with E-state index in [4.69, 9.17) is 0 Å². The number of benzene rings is 2. The Morgan fingerprint density at radius 1 is 0.543 bits per heavy atom. The predicted molar refractivity (Wildman–Crippen MR) is 166 cm³/mol. The van der Waals surface area contributed by atoms with Gasteiger partial charge in [-0.15, -0.1) is 0 Å². The second-order valence-corrected chi connectivity index (χ2v) is 11.6. The van der Waals surface area contributed by atoms with Crippen molar-refractivity contribution in [1.29, 1.82) is 0 Å². The van der Waals surface area contributed by atoms with Crippen LogP contribution < -0.4 is 21.3 Å². The number of amides is 4. The lowest BCUT2D eigenvalue weighted by molar-refractivity contribution is -0.144. The Morgan fingerprint density at radius 2 is 0.848 bits per heavy atom. The number of hydrogen-bond donors (Lipinski definition) is 8. The number of rotatable bonds is 17. The molecule has 0 heterocycles. The van der Waals surface area contributed by atoms with E-state index in [2.05, 4.69) is 21.3 Å². The average molecular weight is 643 g/mol. The Bertz CT molecular complexity index is 1270. The first-order valence-corrected chi connectivity index (χ1v) is 14.8. The molecule has 250 valence electrons. The molecule has 4 atom stereocenters. The lowest BCUT2D eigenvalue weighted by Gasteiger charge is -2.24. The number of aliphatic carboxylic acids is 2. The highest BCUT2D eigenvalue weighted by Crippen LogP contribution is 2.14. The smallest absolute Gasteiger partial charge is 0.326 e. The first-order chi connectivity index (χ1) is 21.6. The van der Waals surface area contributed by atoms with Gasteiger partial charge in [-0.05, 0) is 47.2 Å². The maximum atomic E-state index is 13.1. The van der Waals surface area contributed by atoms with Crippen molar-refractivity contribution in [2.75, 3.05) is 0 Å². The molecule has 46 heavy (non-hydrogen) atoms. The second-order valence-electron chi connectivity index (χ2n) is 11.6. The van der Waals surface area contributed by atoms with Gasteiger partial charge in [0.25, 0.3) is 0 Å². The third-order valence-corrected chi connectivity index (χ3v) is 7.10. The zero-order valence-electron chi connectivity index (χ0n) is 26.1. The van der Waals surface area contributed by atoms with E-state index in [0.717, 1.165) is 0 Å². The van der Waals surface area contributed by atoms with Gasteiger partial charge in [-0.25, -0.2) is 9.59 Å². The van der Waals surface area contributed by atoms with Gasteiger partial charge in [0.1, 0.15) is 35.7 Å². The van der Waals surface area contributed by atoms with Crippen molar-refractivity contribution < 1.29 is 49.2 Å². The maximum absolute atomic E-state index is 13.1. The topological polar surface area (TPSA) is 231 Å². The SMILES string of the molecule is CC(C)[C@H](NC(=O)[C@H](Cc1ccc(O)cc1)NC(=O)CCC(=O)N[C@@H](Cc1ccc(O)cc1)C(=O)N[C@H](C(=O)O)C(C)C)C(=O)O. The van der Waals surface area contributed by atoms with Crippen molar-refractivity contribution >= 4 is 35.6 Å². The molecule has 2 rings (SSSR count). The van der Waals surface area contributed by atoms with Gasteiger partial charge in [-0.3, -0.25) is 19.2 Å². The molecule has 0 aromatic heterocycles. The molecule has 0 saturated heterocycles. The zero-order valence-corrected chi connectivity index (χ0v) is 26.1. The summed E-state index contributed by atoms with van der Waals surface area (Å²) in [5, 5.41) is 48.1. The molecule has 0 aliphatic rings. The first kappa shape index (κ1) is 37.0. The molecule has 0 unspecified atom stereocenters. The molecular weight excluding hydrogens is 600 g/mol. The number of aromatic hydroxyl groups is 2. The Labute approximate surface area is 266 Å². The van der Waals surface area contributed by atoms with Crippen LogP contribution in [-0.4, -0.2) is 80.2 Å². The third kappa shape index (κ3) is 12.1. The summed E-state index contributed by atoms with van der Waals surface area (Å²) in [6.07, 6.45) is -0.863. The zero-order chi connectivity index (χ0) is 34.6. The molecule has 14 heteroatoms. The number of carbonyl (C=O) groups excluding carboxylic acids is 4. The van der Waals surface area contributed by atoms with Gasteiger partial charge in [0.2, 0.25) is 23.6 Å². The lowest BCUT2D eigenvalue weighted by Crippen LogP contribution is -2.54. The fourth-order valence-electron chi connectivity index (χ4n) is 4.45. The summed E-state index contributed by atoms with van der Waals surface area (Å²) in [5.74, 6) is -6.32. The largest absolute Gasteiger partial charge is 0.508 e. The van der Waals surface area contributed by atoms with E-state index in [0.29, 0.717) is 11.1 Å². The van der Waals surface area contributed by atoms with Crippen molar-refractivity contribution in [3.8, 4) is 11.5 Å². The Morgan fingerprint density at radius 3 is 1.11 bits per heavy atom. The predicted octanol–water partition coefficient (Wildman–Crippen LogP) is 1.08. The molecule has 0 bridgehead atoms. The quantitative estimate of drug-likeness (QED) is 0.122. The van der Waals surface area contributed by atoms with E-state index >= 15 is 0 Å². The molecule has 0 saturated carbocycles. The van der Waals surface area contributed by atoms with Crippen molar-refractivity contribution in [2.24, 2.45) is 11.8 Å². The number of nitrogens with one attached hydrogen (secondary N) is 4. The van der Waals surface area contributed by atoms with Gasteiger partial charge in [-0.1, -0.05) is 52.0 Å². The minimum atomic E-state index is -1.25. The van der Waals surface area contributed by atoms with Crippen LogP contribution in [0.25, 0.3) is 0 Å². The van der Waals surface area contributed by atoms with Crippen LogP contribution in [-0.2, 0) is 41.6 Å². The molecule has 2 aromatic carbocycles. The number of phenolic OH excluding ortho intramolecular Hbond substituents is 2. The van der Waals surface area contributed by atoms with Gasteiger partial charge >= 0.3 is 11.9 Å². The highest BCUT2D eigenvalue weighted by Gasteiger charge is 2.30. The van der Waals surface area contributed by atoms with Crippen LogP contribution in [0.1, 0.15) is 51.7 Å². The van der Waals surface area contributed by atoms with Gasteiger partial charge in [0.15, 0.2) is 0 Å². The van der Waals surface area contributed by atoms with E-state index in [1.807, 2.05) is 0 Å². The highest BCUT2D eigenvalue weighted by atomic mass is 16.4. The molecule has 4 amide bonds. The monoisotopic (exact) mass is 642 g/mol. The number of carboxylic acids is 2. The van der Waals surface area contributed by atoms with Crippen LogP contribution in [0, 0.1) is 11.8 Å². The fourth-order valence-corrected chi connectivity index (χ4v) is 4.45. The molecular formula is C32H42N4O10. The number of carboxylic acid groups (broad SMARTS) is 2. The number of hydrogen-bond acceptors (Lipinski definition) is 8. The van der Waals surface area contributed by atoms with Gasteiger partial charge < -0.3 is 41.7 Å².